The molecular weight excluding hydrogens is 397 g/mol. The van der Waals surface area contributed by atoms with Gasteiger partial charge in [-0.05, 0) is 56.0 Å². The molecule has 2 aromatic rings. The van der Waals surface area contributed by atoms with Crippen molar-refractivity contribution in [1.82, 2.24) is 10.2 Å². The average molecular weight is 423 g/mol. The summed E-state index contributed by atoms with van der Waals surface area (Å²) in [4.78, 5) is 39.9. The van der Waals surface area contributed by atoms with Gasteiger partial charge in [-0.3, -0.25) is 14.4 Å². The number of hydrogen-bond donors (Lipinski definition) is 2. The van der Waals surface area contributed by atoms with Crippen LogP contribution in [-0.4, -0.2) is 41.2 Å². The zero-order chi connectivity index (χ0) is 21.8. The van der Waals surface area contributed by atoms with Crippen LogP contribution in [0, 0.1) is 5.82 Å². The van der Waals surface area contributed by atoms with E-state index in [1.807, 2.05) is 0 Å². The second kappa shape index (κ2) is 9.29. The molecule has 0 spiro atoms. The van der Waals surface area contributed by atoms with Crippen LogP contribution >= 0.6 is 0 Å². The van der Waals surface area contributed by atoms with Gasteiger partial charge in [0.2, 0.25) is 5.91 Å². The van der Waals surface area contributed by atoms with E-state index in [1.54, 1.807) is 35.2 Å². The first-order valence-corrected chi connectivity index (χ1v) is 10.8. The minimum absolute atomic E-state index is 0.0672. The van der Waals surface area contributed by atoms with E-state index in [1.165, 1.54) is 18.2 Å². The van der Waals surface area contributed by atoms with Crippen LogP contribution in [-0.2, 0) is 4.79 Å². The van der Waals surface area contributed by atoms with Gasteiger partial charge in [0, 0.05) is 23.8 Å². The normalized spacial score (nSPS) is 18.7. The summed E-state index contributed by atoms with van der Waals surface area (Å²) < 4.78 is 13.9. The van der Waals surface area contributed by atoms with Crippen molar-refractivity contribution < 1.29 is 18.8 Å². The third-order valence-electron chi connectivity index (χ3n) is 6.00. The Morgan fingerprint density at radius 1 is 0.935 bits per heavy atom. The fraction of sp³-hybridized carbons (Fsp3) is 0.375. The third kappa shape index (κ3) is 4.76. The highest BCUT2D eigenvalue weighted by Gasteiger charge is 2.35. The van der Waals surface area contributed by atoms with Gasteiger partial charge in [0.15, 0.2) is 0 Å². The number of nitrogens with one attached hydrogen (secondary N) is 2. The van der Waals surface area contributed by atoms with Crippen LogP contribution in [0.15, 0.2) is 48.5 Å². The van der Waals surface area contributed by atoms with Gasteiger partial charge in [-0.15, -0.1) is 0 Å². The van der Waals surface area contributed by atoms with E-state index in [9.17, 15) is 18.8 Å². The van der Waals surface area contributed by atoms with Crippen LogP contribution in [0.4, 0.5) is 10.1 Å². The summed E-state index contributed by atoms with van der Waals surface area (Å²) >= 11 is 0. The lowest BCUT2D eigenvalue weighted by atomic mass is 10.1. The molecule has 1 heterocycles. The van der Waals surface area contributed by atoms with E-state index in [-0.39, 0.29) is 23.4 Å². The highest BCUT2D eigenvalue weighted by molar-refractivity contribution is 6.05. The SMILES string of the molecule is O=C(Nc1cccc(C(=O)N2CCCC2C(=O)NC2CCCC2)c1)c1ccccc1F. The molecular formula is C24H26FN3O3. The molecule has 1 aliphatic heterocycles. The van der Waals surface area contributed by atoms with Gasteiger partial charge in [0.25, 0.3) is 11.8 Å². The molecule has 31 heavy (non-hydrogen) atoms. The van der Waals surface area contributed by atoms with Gasteiger partial charge in [0.05, 0.1) is 5.56 Å². The molecule has 2 fully saturated rings. The number of amides is 3. The number of carbonyl (C=O) groups is 3. The first kappa shape index (κ1) is 21.0. The molecule has 2 aromatic carbocycles. The molecule has 162 valence electrons. The van der Waals surface area contributed by atoms with Crippen molar-refractivity contribution in [3.05, 3.63) is 65.5 Å². The first-order valence-electron chi connectivity index (χ1n) is 10.8. The largest absolute Gasteiger partial charge is 0.352 e. The maximum Gasteiger partial charge on any atom is 0.258 e. The number of carbonyl (C=O) groups excluding carboxylic acids is 3. The number of hydrogen-bond acceptors (Lipinski definition) is 3. The number of anilines is 1. The molecule has 1 unspecified atom stereocenters. The minimum Gasteiger partial charge on any atom is -0.352 e. The molecule has 4 rings (SSSR count). The van der Waals surface area contributed by atoms with E-state index in [4.69, 9.17) is 0 Å². The van der Waals surface area contributed by atoms with Crippen molar-refractivity contribution in [3.8, 4) is 0 Å². The van der Waals surface area contributed by atoms with Crippen LogP contribution < -0.4 is 10.6 Å². The van der Waals surface area contributed by atoms with Crippen molar-refractivity contribution in [2.24, 2.45) is 0 Å². The predicted molar refractivity (Wildman–Crippen MR) is 115 cm³/mol. The zero-order valence-electron chi connectivity index (χ0n) is 17.3. The Morgan fingerprint density at radius 2 is 1.71 bits per heavy atom. The van der Waals surface area contributed by atoms with Crippen molar-refractivity contribution in [1.29, 1.82) is 0 Å². The number of likely N-dealkylation sites (tertiary alicyclic amines) is 1. The van der Waals surface area contributed by atoms with Crippen molar-refractivity contribution in [2.75, 3.05) is 11.9 Å². The monoisotopic (exact) mass is 423 g/mol. The lowest BCUT2D eigenvalue weighted by molar-refractivity contribution is -0.125. The quantitative estimate of drug-likeness (QED) is 0.769. The Kier molecular flexibility index (Phi) is 6.30. The average Bonchev–Trinajstić information content (AvgIpc) is 3.45. The summed E-state index contributed by atoms with van der Waals surface area (Å²) in [6.07, 6.45) is 5.67. The molecule has 2 N–H and O–H groups in total. The molecule has 2 aliphatic rings. The van der Waals surface area contributed by atoms with Crippen LogP contribution in [0.1, 0.15) is 59.2 Å². The predicted octanol–water partition coefficient (Wildman–Crippen LogP) is 3.74. The van der Waals surface area contributed by atoms with Crippen molar-refractivity contribution in [3.63, 3.8) is 0 Å². The molecule has 1 saturated heterocycles. The van der Waals surface area contributed by atoms with Gasteiger partial charge < -0.3 is 15.5 Å². The molecule has 0 bridgehead atoms. The molecule has 6 nitrogen and oxygen atoms in total. The lowest BCUT2D eigenvalue weighted by Gasteiger charge is -2.25. The summed E-state index contributed by atoms with van der Waals surface area (Å²) in [6, 6.07) is 12.0. The van der Waals surface area contributed by atoms with Crippen molar-refractivity contribution in [2.45, 2.75) is 50.6 Å². The van der Waals surface area contributed by atoms with Gasteiger partial charge in [0.1, 0.15) is 11.9 Å². The van der Waals surface area contributed by atoms with Gasteiger partial charge in [-0.25, -0.2) is 4.39 Å². The second-order valence-electron chi connectivity index (χ2n) is 8.16. The maximum atomic E-state index is 13.9. The summed E-state index contributed by atoms with van der Waals surface area (Å²) in [7, 11) is 0. The van der Waals surface area contributed by atoms with Crippen LogP contribution in [0.3, 0.4) is 0 Å². The summed E-state index contributed by atoms with van der Waals surface area (Å²) in [5.74, 6) is -1.52. The Hall–Kier alpha value is -3.22. The molecule has 1 atom stereocenters. The Balaban J connectivity index is 1.45. The molecule has 0 radical (unpaired) electrons. The fourth-order valence-electron chi connectivity index (χ4n) is 4.39. The second-order valence-corrected chi connectivity index (χ2v) is 8.16. The van der Waals surface area contributed by atoms with Crippen molar-refractivity contribution >= 4 is 23.4 Å². The number of nitrogens with zero attached hydrogens (tertiary/aromatic N) is 1. The van der Waals surface area contributed by atoms with E-state index in [2.05, 4.69) is 10.6 Å². The topological polar surface area (TPSA) is 78.5 Å². The van der Waals surface area contributed by atoms with Gasteiger partial charge in [-0.1, -0.05) is 31.0 Å². The zero-order valence-corrected chi connectivity index (χ0v) is 17.3. The van der Waals surface area contributed by atoms with E-state index in [0.29, 0.717) is 24.2 Å². The third-order valence-corrected chi connectivity index (χ3v) is 6.00. The highest BCUT2D eigenvalue weighted by atomic mass is 19.1. The Morgan fingerprint density at radius 3 is 2.48 bits per heavy atom. The Labute approximate surface area is 180 Å². The minimum atomic E-state index is -0.611. The number of benzene rings is 2. The van der Waals surface area contributed by atoms with Gasteiger partial charge in [-0.2, -0.15) is 0 Å². The molecule has 1 saturated carbocycles. The molecule has 3 amide bonds. The summed E-state index contributed by atoms with van der Waals surface area (Å²) in [6.45, 7) is 0.521. The Bertz CT molecular complexity index is 988. The first-order chi connectivity index (χ1) is 15.0. The molecule has 7 heteroatoms. The van der Waals surface area contributed by atoms with Gasteiger partial charge >= 0.3 is 0 Å². The lowest BCUT2D eigenvalue weighted by Crippen LogP contribution is -2.48. The van der Waals surface area contributed by atoms with Crippen LogP contribution in [0.5, 0.6) is 0 Å². The molecule has 1 aliphatic carbocycles. The molecule has 0 aromatic heterocycles. The number of rotatable bonds is 5. The fourth-order valence-corrected chi connectivity index (χ4v) is 4.39. The number of halogens is 1. The standard InChI is InChI=1S/C24H26FN3O3/c25-20-12-4-3-11-19(20)22(29)27-18-10-5-7-16(15-18)24(31)28-14-6-13-21(28)23(30)26-17-8-1-2-9-17/h3-5,7,10-12,15,17,21H,1-2,6,8-9,13-14H2,(H,26,30)(H,27,29). The maximum absolute atomic E-state index is 13.9. The highest BCUT2D eigenvalue weighted by Crippen LogP contribution is 2.24. The van der Waals surface area contributed by atoms with E-state index in [0.717, 1.165) is 32.1 Å². The van der Waals surface area contributed by atoms with Crippen LogP contribution in [0.25, 0.3) is 0 Å². The van der Waals surface area contributed by atoms with E-state index >= 15 is 0 Å². The van der Waals surface area contributed by atoms with Crippen LogP contribution in [0.2, 0.25) is 0 Å². The van der Waals surface area contributed by atoms with E-state index < -0.39 is 17.8 Å². The smallest absolute Gasteiger partial charge is 0.258 e. The summed E-state index contributed by atoms with van der Waals surface area (Å²) in [5.41, 5.74) is 0.708. The summed E-state index contributed by atoms with van der Waals surface area (Å²) in [5, 5.41) is 5.73.